The number of hydrogen-bond donors (Lipinski definition) is 1. The van der Waals surface area contributed by atoms with Gasteiger partial charge < -0.3 is 5.32 Å². The standard InChI is InChI=1S/C9H6F2N2S/c10-6-1-2-8(7(11)5-6)13-9-12-3-4-14-9/h1-5H,(H,12,13). The maximum absolute atomic E-state index is 13.1. The summed E-state index contributed by atoms with van der Waals surface area (Å²) in [7, 11) is 0. The maximum Gasteiger partial charge on any atom is 0.187 e. The molecule has 0 aliphatic heterocycles. The minimum atomic E-state index is -0.625. The van der Waals surface area contributed by atoms with Gasteiger partial charge in [-0.3, -0.25) is 0 Å². The Morgan fingerprint density at radius 1 is 1.29 bits per heavy atom. The molecule has 5 heteroatoms. The van der Waals surface area contributed by atoms with Gasteiger partial charge in [-0.1, -0.05) is 0 Å². The summed E-state index contributed by atoms with van der Waals surface area (Å²) in [6.45, 7) is 0. The van der Waals surface area contributed by atoms with Crippen molar-refractivity contribution in [1.82, 2.24) is 4.98 Å². The van der Waals surface area contributed by atoms with Crippen LogP contribution >= 0.6 is 11.3 Å². The topological polar surface area (TPSA) is 24.9 Å². The third-order valence-corrected chi connectivity index (χ3v) is 2.29. The first kappa shape index (κ1) is 9.08. The normalized spacial score (nSPS) is 10.1. The molecule has 0 unspecified atom stereocenters. The minimum absolute atomic E-state index is 0.223. The van der Waals surface area contributed by atoms with Crippen LogP contribution in [0.1, 0.15) is 0 Å². The molecule has 0 atom stereocenters. The maximum atomic E-state index is 13.1. The van der Waals surface area contributed by atoms with Gasteiger partial charge in [-0.05, 0) is 12.1 Å². The van der Waals surface area contributed by atoms with Crippen LogP contribution in [0.2, 0.25) is 0 Å². The van der Waals surface area contributed by atoms with Gasteiger partial charge in [0.1, 0.15) is 11.6 Å². The van der Waals surface area contributed by atoms with E-state index in [2.05, 4.69) is 10.3 Å². The van der Waals surface area contributed by atoms with Crippen LogP contribution in [0.15, 0.2) is 29.8 Å². The molecule has 0 bridgehead atoms. The molecule has 2 nitrogen and oxygen atoms in total. The number of thiazole rings is 1. The van der Waals surface area contributed by atoms with Gasteiger partial charge in [0.25, 0.3) is 0 Å². The van der Waals surface area contributed by atoms with E-state index in [0.717, 1.165) is 6.07 Å². The Balaban J connectivity index is 2.25. The van der Waals surface area contributed by atoms with Gasteiger partial charge in [-0.15, -0.1) is 11.3 Å². The van der Waals surface area contributed by atoms with E-state index in [9.17, 15) is 8.78 Å². The molecular weight excluding hydrogens is 206 g/mol. The molecule has 1 N–H and O–H groups in total. The molecule has 0 aliphatic carbocycles. The molecule has 0 radical (unpaired) electrons. The summed E-state index contributed by atoms with van der Waals surface area (Å²) >= 11 is 1.35. The second-order valence-corrected chi connectivity index (χ2v) is 3.48. The largest absolute Gasteiger partial charge is 0.329 e. The SMILES string of the molecule is Fc1ccc(Nc2nccs2)c(F)c1. The van der Waals surface area contributed by atoms with Gasteiger partial charge in [0.15, 0.2) is 5.13 Å². The molecule has 0 saturated heterocycles. The summed E-state index contributed by atoms with van der Waals surface area (Å²) in [5.41, 5.74) is 0.223. The Labute approximate surface area is 83.2 Å². The third kappa shape index (κ3) is 1.88. The van der Waals surface area contributed by atoms with Crippen LogP contribution in [0.4, 0.5) is 19.6 Å². The quantitative estimate of drug-likeness (QED) is 0.827. The molecule has 72 valence electrons. The molecule has 1 aromatic heterocycles. The summed E-state index contributed by atoms with van der Waals surface area (Å²) in [5.74, 6) is -1.22. The monoisotopic (exact) mass is 212 g/mol. The lowest BCUT2D eigenvalue weighted by Crippen LogP contribution is -1.93. The highest BCUT2D eigenvalue weighted by Crippen LogP contribution is 2.21. The summed E-state index contributed by atoms with van der Waals surface area (Å²) in [6, 6.07) is 3.36. The molecule has 0 spiro atoms. The molecule has 2 rings (SSSR count). The number of nitrogens with zero attached hydrogens (tertiary/aromatic N) is 1. The first-order chi connectivity index (χ1) is 6.75. The average Bonchev–Trinajstić information content (AvgIpc) is 2.62. The Morgan fingerprint density at radius 3 is 2.79 bits per heavy atom. The number of aromatic nitrogens is 1. The Morgan fingerprint density at radius 2 is 2.14 bits per heavy atom. The highest BCUT2D eigenvalue weighted by atomic mass is 32.1. The Hall–Kier alpha value is -1.49. The van der Waals surface area contributed by atoms with Crippen LogP contribution in [0.25, 0.3) is 0 Å². The Kier molecular flexibility index (Phi) is 2.41. The van der Waals surface area contributed by atoms with Crippen molar-refractivity contribution in [3.05, 3.63) is 41.4 Å². The zero-order valence-electron chi connectivity index (χ0n) is 7.00. The molecule has 0 saturated carbocycles. The third-order valence-electron chi connectivity index (χ3n) is 1.61. The van der Waals surface area contributed by atoms with Crippen LogP contribution < -0.4 is 5.32 Å². The highest BCUT2D eigenvalue weighted by molar-refractivity contribution is 7.13. The number of benzene rings is 1. The average molecular weight is 212 g/mol. The van der Waals surface area contributed by atoms with Crippen LogP contribution in [0.5, 0.6) is 0 Å². The summed E-state index contributed by atoms with van der Waals surface area (Å²) in [5, 5.41) is 5.09. The van der Waals surface area contributed by atoms with Crippen molar-refractivity contribution in [2.75, 3.05) is 5.32 Å². The van der Waals surface area contributed by atoms with E-state index in [0.29, 0.717) is 5.13 Å². The number of rotatable bonds is 2. The van der Waals surface area contributed by atoms with Crippen molar-refractivity contribution >= 4 is 22.2 Å². The zero-order chi connectivity index (χ0) is 9.97. The fourth-order valence-electron chi connectivity index (χ4n) is 0.991. The lowest BCUT2D eigenvalue weighted by Gasteiger charge is -2.03. The van der Waals surface area contributed by atoms with Crippen molar-refractivity contribution in [2.45, 2.75) is 0 Å². The van der Waals surface area contributed by atoms with Crippen molar-refractivity contribution in [1.29, 1.82) is 0 Å². The second-order valence-electron chi connectivity index (χ2n) is 2.59. The van der Waals surface area contributed by atoms with Gasteiger partial charge >= 0.3 is 0 Å². The van der Waals surface area contributed by atoms with E-state index >= 15 is 0 Å². The van der Waals surface area contributed by atoms with Crippen LogP contribution in [-0.2, 0) is 0 Å². The van der Waals surface area contributed by atoms with Crippen molar-refractivity contribution in [2.24, 2.45) is 0 Å². The van der Waals surface area contributed by atoms with Gasteiger partial charge in [0.2, 0.25) is 0 Å². The van der Waals surface area contributed by atoms with E-state index in [-0.39, 0.29) is 5.69 Å². The van der Waals surface area contributed by atoms with Crippen LogP contribution in [0, 0.1) is 11.6 Å². The smallest absolute Gasteiger partial charge is 0.187 e. The van der Waals surface area contributed by atoms with Gasteiger partial charge in [0, 0.05) is 17.6 Å². The van der Waals surface area contributed by atoms with Gasteiger partial charge in [-0.25, -0.2) is 13.8 Å². The van der Waals surface area contributed by atoms with E-state index in [1.807, 2.05) is 0 Å². The zero-order valence-corrected chi connectivity index (χ0v) is 7.81. The summed E-state index contributed by atoms with van der Waals surface area (Å²) in [4.78, 5) is 3.92. The van der Waals surface area contributed by atoms with Gasteiger partial charge in [-0.2, -0.15) is 0 Å². The number of nitrogens with one attached hydrogen (secondary N) is 1. The first-order valence-corrected chi connectivity index (χ1v) is 4.75. The van der Waals surface area contributed by atoms with Gasteiger partial charge in [0.05, 0.1) is 5.69 Å². The molecule has 1 heterocycles. The first-order valence-electron chi connectivity index (χ1n) is 3.87. The molecular formula is C9H6F2N2S. The fraction of sp³-hybridized carbons (Fsp3) is 0. The number of hydrogen-bond acceptors (Lipinski definition) is 3. The lowest BCUT2D eigenvalue weighted by atomic mass is 10.3. The number of anilines is 2. The minimum Gasteiger partial charge on any atom is -0.329 e. The highest BCUT2D eigenvalue weighted by Gasteiger charge is 2.04. The molecule has 0 aliphatic rings. The van der Waals surface area contributed by atoms with Crippen LogP contribution in [-0.4, -0.2) is 4.98 Å². The molecule has 2 aromatic rings. The fourth-order valence-corrected chi connectivity index (χ4v) is 1.53. The lowest BCUT2D eigenvalue weighted by molar-refractivity contribution is 0.586. The van der Waals surface area contributed by atoms with E-state index in [4.69, 9.17) is 0 Å². The van der Waals surface area contributed by atoms with Crippen molar-refractivity contribution in [3.8, 4) is 0 Å². The van der Waals surface area contributed by atoms with E-state index in [1.54, 1.807) is 11.6 Å². The van der Waals surface area contributed by atoms with Crippen molar-refractivity contribution in [3.63, 3.8) is 0 Å². The predicted molar refractivity (Wildman–Crippen MR) is 51.8 cm³/mol. The van der Waals surface area contributed by atoms with Crippen LogP contribution in [0.3, 0.4) is 0 Å². The molecule has 0 amide bonds. The van der Waals surface area contributed by atoms with E-state index in [1.165, 1.54) is 23.5 Å². The molecule has 14 heavy (non-hydrogen) atoms. The van der Waals surface area contributed by atoms with Crippen molar-refractivity contribution < 1.29 is 8.78 Å². The predicted octanol–water partition coefficient (Wildman–Crippen LogP) is 3.16. The van der Waals surface area contributed by atoms with E-state index < -0.39 is 11.6 Å². The molecule has 0 fully saturated rings. The summed E-state index contributed by atoms with van der Waals surface area (Å²) in [6.07, 6.45) is 1.61. The molecule has 1 aromatic carbocycles. The number of halogens is 2. The summed E-state index contributed by atoms with van der Waals surface area (Å²) < 4.78 is 25.7. The Bertz CT molecular complexity index is 428. The second kappa shape index (κ2) is 3.71.